The van der Waals surface area contributed by atoms with E-state index in [1.165, 1.54) is 18.2 Å². The number of rotatable bonds is 7. The highest BCUT2D eigenvalue weighted by atomic mass is 32.2. The summed E-state index contributed by atoms with van der Waals surface area (Å²) in [5.74, 6) is 0. The molecule has 1 aliphatic carbocycles. The van der Waals surface area contributed by atoms with Gasteiger partial charge >= 0.3 is 6.18 Å². The average Bonchev–Trinajstić information content (AvgIpc) is 3.41. The Morgan fingerprint density at radius 1 is 1.13 bits per heavy atom. The Balaban J connectivity index is 1.60. The molecule has 0 spiro atoms. The molecule has 1 aromatic heterocycles. The zero-order valence-electron chi connectivity index (χ0n) is 16.6. The van der Waals surface area contributed by atoms with E-state index in [4.69, 9.17) is 0 Å². The first kappa shape index (κ1) is 21.4. The number of halogens is 3. The average molecular weight is 450 g/mol. The van der Waals surface area contributed by atoms with Crippen LogP contribution in [0.25, 0.3) is 11.3 Å². The molecule has 10 heteroatoms. The fourth-order valence-corrected chi connectivity index (χ4v) is 4.44. The van der Waals surface area contributed by atoms with Gasteiger partial charge in [0, 0.05) is 37.1 Å². The number of aryl methyl sites for hydroxylation is 1. The number of benzene rings is 2. The van der Waals surface area contributed by atoms with Crippen molar-refractivity contribution in [2.45, 2.75) is 36.5 Å². The van der Waals surface area contributed by atoms with Crippen molar-refractivity contribution in [2.75, 3.05) is 5.32 Å². The Hall–Kier alpha value is -2.85. The fraction of sp³-hybridized carbons (Fsp3) is 0.286. The lowest BCUT2D eigenvalue weighted by Gasteiger charge is -2.14. The van der Waals surface area contributed by atoms with Crippen LogP contribution in [-0.2, 0) is 29.8 Å². The number of sulfonamides is 1. The van der Waals surface area contributed by atoms with Gasteiger partial charge in [0.05, 0.1) is 22.5 Å². The van der Waals surface area contributed by atoms with E-state index < -0.39 is 21.8 Å². The summed E-state index contributed by atoms with van der Waals surface area (Å²) in [6.07, 6.45) is 0.661. The molecule has 0 unspecified atom stereocenters. The Kier molecular flexibility index (Phi) is 5.52. The molecule has 6 nitrogen and oxygen atoms in total. The number of anilines is 1. The van der Waals surface area contributed by atoms with Crippen LogP contribution in [0.3, 0.4) is 0 Å². The minimum absolute atomic E-state index is 0.0132. The zero-order valence-corrected chi connectivity index (χ0v) is 17.5. The van der Waals surface area contributed by atoms with Gasteiger partial charge in [0.1, 0.15) is 0 Å². The van der Waals surface area contributed by atoms with Gasteiger partial charge in [-0.15, -0.1) is 0 Å². The summed E-state index contributed by atoms with van der Waals surface area (Å²) in [4.78, 5) is 4.46. The molecule has 4 rings (SSSR count). The van der Waals surface area contributed by atoms with Crippen LogP contribution >= 0.6 is 0 Å². The van der Waals surface area contributed by atoms with E-state index in [0.29, 0.717) is 22.5 Å². The van der Waals surface area contributed by atoms with E-state index >= 15 is 0 Å². The third-order valence-corrected chi connectivity index (χ3v) is 6.46. The molecular formula is C21H21F3N4O2S. The Bertz CT molecular complexity index is 1180. The topological polar surface area (TPSA) is 76.0 Å². The molecule has 0 amide bonds. The highest BCUT2D eigenvalue weighted by molar-refractivity contribution is 7.89. The van der Waals surface area contributed by atoms with Gasteiger partial charge in [-0.25, -0.2) is 18.1 Å². The molecule has 0 radical (unpaired) electrons. The molecule has 0 aliphatic heterocycles. The predicted molar refractivity (Wildman–Crippen MR) is 111 cm³/mol. The third kappa shape index (κ3) is 5.08. The van der Waals surface area contributed by atoms with Gasteiger partial charge in [-0.3, -0.25) is 0 Å². The summed E-state index contributed by atoms with van der Waals surface area (Å²) < 4.78 is 67.9. The van der Waals surface area contributed by atoms with Crippen LogP contribution in [0.15, 0.2) is 59.9 Å². The Morgan fingerprint density at radius 2 is 1.84 bits per heavy atom. The highest BCUT2D eigenvalue weighted by Crippen LogP contribution is 2.32. The number of alkyl halides is 3. The Morgan fingerprint density at radius 3 is 2.42 bits per heavy atom. The maximum atomic E-state index is 12.8. The lowest BCUT2D eigenvalue weighted by molar-refractivity contribution is -0.137. The minimum Gasteiger partial charge on any atom is -0.380 e. The van der Waals surface area contributed by atoms with Crippen LogP contribution < -0.4 is 10.0 Å². The smallest absolute Gasteiger partial charge is 0.380 e. The van der Waals surface area contributed by atoms with Crippen LogP contribution in [0, 0.1) is 0 Å². The van der Waals surface area contributed by atoms with Crippen molar-refractivity contribution < 1.29 is 21.6 Å². The number of aromatic nitrogens is 2. The van der Waals surface area contributed by atoms with Crippen molar-refractivity contribution in [3.8, 4) is 11.3 Å². The highest BCUT2D eigenvalue weighted by Gasteiger charge is 2.30. The van der Waals surface area contributed by atoms with Crippen molar-refractivity contribution in [1.29, 1.82) is 0 Å². The SMILES string of the molecule is Cn1cnc(-c2cc(S(=O)(=O)NC3CC3)ccc2NCc2ccc(C(F)(F)F)cc2)c1. The van der Waals surface area contributed by atoms with Crippen molar-refractivity contribution in [2.24, 2.45) is 7.05 Å². The molecule has 31 heavy (non-hydrogen) atoms. The summed E-state index contributed by atoms with van der Waals surface area (Å²) in [5.41, 5.74) is 1.76. The molecule has 1 aliphatic rings. The molecule has 1 fully saturated rings. The zero-order chi connectivity index (χ0) is 22.2. The molecular weight excluding hydrogens is 429 g/mol. The van der Waals surface area contributed by atoms with Crippen LogP contribution in [0.2, 0.25) is 0 Å². The van der Waals surface area contributed by atoms with Gasteiger partial charge in [0.2, 0.25) is 10.0 Å². The van der Waals surface area contributed by atoms with Gasteiger partial charge in [-0.2, -0.15) is 13.2 Å². The molecule has 0 saturated heterocycles. The lowest BCUT2D eigenvalue weighted by Crippen LogP contribution is -2.25. The van der Waals surface area contributed by atoms with E-state index in [-0.39, 0.29) is 17.5 Å². The molecule has 3 aromatic rings. The normalized spacial score (nSPS) is 14.6. The van der Waals surface area contributed by atoms with Crippen molar-refractivity contribution in [1.82, 2.24) is 14.3 Å². The summed E-state index contributed by atoms with van der Waals surface area (Å²) in [7, 11) is -1.84. The summed E-state index contributed by atoms with van der Waals surface area (Å²) >= 11 is 0. The second kappa shape index (κ2) is 8.01. The molecule has 2 N–H and O–H groups in total. The quantitative estimate of drug-likeness (QED) is 0.567. The number of nitrogens with zero attached hydrogens (tertiary/aromatic N) is 2. The summed E-state index contributed by atoms with van der Waals surface area (Å²) in [5, 5.41) is 3.18. The van der Waals surface area contributed by atoms with Crippen molar-refractivity contribution in [3.05, 3.63) is 66.1 Å². The maximum absolute atomic E-state index is 12.8. The molecule has 0 atom stereocenters. The van der Waals surface area contributed by atoms with E-state index in [1.54, 1.807) is 36.3 Å². The van der Waals surface area contributed by atoms with E-state index in [0.717, 1.165) is 25.0 Å². The van der Waals surface area contributed by atoms with Crippen molar-refractivity contribution in [3.63, 3.8) is 0 Å². The fourth-order valence-electron chi connectivity index (χ4n) is 3.11. The number of hydrogen-bond acceptors (Lipinski definition) is 4. The largest absolute Gasteiger partial charge is 0.416 e. The first-order valence-corrected chi connectivity index (χ1v) is 11.1. The van der Waals surface area contributed by atoms with E-state index in [9.17, 15) is 21.6 Å². The van der Waals surface area contributed by atoms with Gasteiger partial charge in [0.25, 0.3) is 0 Å². The minimum atomic E-state index is -4.38. The van der Waals surface area contributed by atoms with Crippen LogP contribution in [0.5, 0.6) is 0 Å². The maximum Gasteiger partial charge on any atom is 0.416 e. The van der Waals surface area contributed by atoms with Gasteiger partial charge in [0.15, 0.2) is 0 Å². The Labute approximate surface area is 178 Å². The van der Waals surface area contributed by atoms with Gasteiger partial charge in [-0.05, 0) is 48.7 Å². The summed E-state index contributed by atoms with van der Waals surface area (Å²) in [6, 6.07) is 9.60. The second-order valence-corrected chi connectivity index (χ2v) is 9.29. The molecule has 164 valence electrons. The number of nitrogens with one attached hydrogen (secondary N) is 2. The first-order chi connectivity index (χ1) is 14.6. The first-order valence-electron chi connectivity index (χ1n) is 9.66. The second-order valence-electron chi connectivity index (χ2n) is 7.58. The lowest BCUT2D eigenvalue weighted by atomic mass is 10.1. The van der Waals surface area contributed by atoms with Crippen LogP contribution in [0.1, 0.15) is 24.0 Å². The monoisotopic (exact) mass is 450 g/mol. The standard InChI is InChI=1S/C21H21F3N4O2S/c1-28-12-20(26-13-28)18-10-17(31(29,30)27-16-6-7-16)8-9-19(18)25-11-14-2-4-15(5-3-14)21(22,23)24/h2-5,8-10,12-13,16,25,27H,6-7,11H2,1H3. The van der Waals surface area contributed by atoms with Gasteiger partial charge in [-0.1, -0.05) is 12.1 Å². The van der Waals surface area contributed by atoms with E-state index in [1.807, 2.05) is 0 Å². The molecule has 1 saturated carbocycles. The summed E-state index contributed by atoms with van der Waals surface area (Å²) in [6.45, 7) is 0.268. The molecule has 1 heterocycles. The van der Waals surface area contributed by atoms with Gasteiger partial charge < -0.3 is 9.88 Å². The third-order valence-electron chi connectivity index (χ3n) is 4.95. The van der Waals surface area contributed by atoms with E-state index in [2.05, 4.69) is 15.0 Å². The van der Waals surface area contributed by atoms with Crippen LogP contribution in [0.4, 0.5) is 18.9 Å². The molecule has 2 aromatic carbocycles. The van der Waals surface area contributed by atoms with Crippen molar-refractivity contribution >= 4 is 15.7 Å². The predicted octanol–water partition coefficient (Wildman–Crippen LogP) is 4.16. The number of hydrogen-bond donors (Lipinski definition) is 2. The number of imidazole rings is 1. The molecule has 0 bridgehead atoms. The van der Waals surface area contributed by atoms with Crippen LogP contribution in [-0.4, -0.2) is 24.0 Å².